The van der Waals surface area contributed by atoms with Crippen molar-refractivity contribution in [3.8, 4) is 11.5 Å². The third-order valence-corrected chi connectivity index (χ3v) is 7.19. The van der Waals surface area contributed by atoms with Crippen LogP contribution < -0.4 is 9.47 Å². The SMILES string of the molecule is O=C(c1ccc2c(c1)OCCO2)C1CCN([C@@H]2CS(=O)(=O)C[C@H]2O)CC1. The number of sulfone groups is 1. The van der Waals surface area contributed by atoms with E-state index >= 15 is 0 Å². The van der Waals surface area contributed by atoms with Crippen LogP contribution in [0.4, 0.5) is 0 Å². The minimum atomic E-state index is -3.16. The van der Waals surface area contributed by atoms with Gasteiger partial charge in [-0.1, -0.05) is 0 Å². The number of likely N-dealkylation sites (tertiary alicyclic amines) is 1. The highest BCUT2D eigenvalue weighted by Gasteiger charge is 2.41. The lowest BCUT2D eigenvalue weighted by Gasteiger charge is -2.36. The molecule has 3 aliphatic rings. The van der Waals surface area contributed by atoms with Gasteiger partial charge in [-0.25, -0.2) is 8.42 Å². The second kappa shape index (κ2) is 6.83. The number of carbonyl (C=O) groups excluding carboxylic acids is 1. The second-order valence-corrected chi connectivity index (χ2v) is 9.40. The first-order chi connectivity index (χ1) is 12.4. The van der Waals surface area contributed by atoms with Crippen molar-refractivity contribution >= 4 is 15.6 Å². The van der Waals surface area contributed by atoms with E-state index in [-0.39, 0.29) is 29.2 Å². The van der Waals surface area contributed by atoms with Gasteiger partial charge < -0.3 is 14.6 Å². The van der Waals surface area contributed by atoms with Crippen LogP contribution in [0.15, 0.2) is 18.2 Å². The van der Waals surface area contributed by atoms with Gasteiger partial charge in [0.25, 0.3) is 0 Å². The van der Waals surface area contributed by atoms with Crippen molar-refractivity contribution in [1.29, 1.82) is 0 Å². The number of aliphatic hydroxyl groups excluding tert-OH is 1. The maximum absolute atomic E-state index is 12.8. The van der Waals surface area contributed by atoms with Gasteiger partial charge in [0.15, 0.2) is 27.1 Å². The molecule has 3 heterocycles. The number of carbonyl (C=O) groups is 1. The molecule has 0 unspecified atom stereocenters. The smallest absolute Gasteiger partial charge is 0.166 e. The Morgan fingerprint density at radius 3 is 2.42 bits per heavy atom. The number of fused-ring (bicyclic) bond motifs is 1. The van der Waals surface area contributed by atoms with Crippen molar-refractivity contribution in [2.24, 2.45) is 5.92 Å². The Labute approximate surface area is 152 Å². The average molecular weight is 381 g/mol. The number of nitrogens with zero attached hydrogens (tertiary/aromatic N) is 1. The fourth-order valence-corrected chi connectivity index (χ4v) is 5.92. The summed E-state index contributed by atoms with van der Waals surface area (Å²) in [6.07, 6.45) is 0.498. The van der Waals surface area contributed by atoms with Crippen LogP contribution in [0.2, 0.25) is 0 Å². The lowest BCUT2D eigenvalue weighted by Crippen LogP contribution is -2.47. The minimum absolute atomic E-state index is 0.00887. The van der Waals surface area contributed by atoms with Gasteiger partial charge in [0.2, 0.25) is 0 Å². The molecule has 4 rings (SSSR count). The predicted octanol–water partition coefficient (Wildman–Crippen LogP) is 0.510. The highest BCUT2D eigenvalue weighted by molar-refractivity contribution is 7.91. The third kappa shape index (κ3) is 3.45. The molecule has 2 saturated heterocycles. The lowest BCUT2D eigenvalue weighted by atomic mass is 9.88. The largest absolute Gasteiger partial charge is 0.486 e. The highest BCUT2D eigenvalue weighted by atomic mass is 32.2. The zero-order chi connectivity index (χ0) is 18.3. The van der Waals surface area contributed by atoms with E-state index in [9.17, 15) is 18.3 Å². The number of ketones is 1. The van der Waals surface area contributed by atoms with Gasteiger partial charge in [0.1, 0.15) is 13.2 Å². The van der Waals surface area contributed by atoms with Crippen molar-refractivity contribution in [1.82, 2.24) is 4.90 Å². The van der Waals surface area contributed by atoms with Crippen LogP contribution in [0.3, 0.4) is 0 Å². The Morgan fingerprint density at radius 2 is 1.77 bits per heavy atom. The second-order valence-electron chi connectivity index (χ2n) is 7.24. The summed E-state index contributed by atoms with van der Waals surface area (Å²) in [6.45, 7) is 2.24. The first kappa shape index (κ1) is 17.8. The van der Waals surface area contributed by atoms with Crippen molar-refractivity contribution in [2.45, 2.75) is 25.0 Å². The maximum atomic E-state index is 12.8. The molecule has 1 aromatic rings. The van der Waals surface area contributed by atoms with Crippen molar-refractivity contribution in [2.75, 3.05) is 37.8 Å². The summed E-state index contributed by atoms with van der Waals surface area (Å²) in [5.74, 6) is 1.12. The van der Waals surface area contributed by atoms with Gasteiger partial charge in [-0.2, -0.15) is 0 Å². The van der Waals surface area contributed by atoms with Crippen LogP contribution >= 0.6 is 0 Å². The first-order valence-corrected chi connectivity index (χ1v) is 10.8. The van der Waals surface area contributed by atoms with Crippen molar-refractivity contribution < 1.29 is 27.8 Å². The maximum Gasteiger partial charge on any atom is 0.166 e. The molecular formula is C18H23NO6S. The molecular weight excluding hydrogens is 358 g/mol. The zero-order valence-electron chi connectivity index (χ0n) is 14.5. The molecule has 8 heteroatoms. The standard InChI is InChI=1S/C18H23NO6S/c20-15-11-26(22,23)10-14(15)19-5-3-12(4-6-19)18(21)13-1-2-16-17(9-13)25-8-7-24-16/h1-2,9,12,14-15,20H,3-8,10-11H2/t14-,15-/m1/s1. The van der Waals surface area contributed by atoms with Crippen LogP contribution in [-0.2, 0) is 9.84 Å². The molecule has 1 N–H and O–H groups in total. The van der Waals surface area contributed by atoms with Crippen LogP contribution in [0.25, 0.3) is 0 Å². The number of benzene rings is 1. The summed E-state index contributed by atoms with van der Waals surface area (Å²) in [5.41, 5.74) is 0.621. The number of piperidine rings is 1. The minimum Gasteiger partial charge on any atom is -0.486 e. The Morgan fingerprint density at radius 1 is 1.08 bits per heavy atom. The summed E-state index contributed by atoms with van der Waals surface area (Å²) in [4.78, 5) is 14.8. The number of ether oxygens (including phenoxy) is 2. The quantitative estimate of drug-likeness (QED) is 0.763. The first-order valence-electron chi connectivity index (χ1n) is 8.99. The van der Waals surface area contributed by atoms with Crippen molar-refractivity contribution in [3.63, 3.8) is 0 Å². The summed E-state index contributed by atoms with van der Waals surface area (Å²) in [7, 11) is -3.16. The van der Waals surface area contributed by atoms with Crippen LogP contribution in [0.5, 0.6) is 11.5 Å². The molecule has 0 amide bonds. The van der Waals surface area contributed by atoms with Gasteiger partial charge in [-0.3, -0.25) is 9.69 Å². The van der Waals surface area contributed by atoms with E-state index in [1.165, 1.54) is 0 Å². The van der Waals surface area contributed by atoms with E-state index in [0.717, 1.165) is 0 Å². The lowest BCUT2D eigenvalue weighted by molar-refractivity contribution is 0.0538. The van der Waals surface area contributed by atoms with E-state index in [0.29, 0.717) is 56.2 Å². The summed E-state index contributed by atoms with van der Waals surface area (Å²) < 4.78 is 34.4. The fraction of sp³-hybridized carbons (Fsp3) is 0.611. The van der Waals surface area contributed by atoms with E-state index in [4.69, 9.17) is 9.47 Å². The van der Waals surface area contributed by atoms with Crippen LogP contribution in [0.1, 0.15) is 23.2 Å². The van der Waals surface area contributed by atoms with E-state index in [1.807, 2.05) is 4.90 Å². The van der Waals surface area contributed by atoms with E-state index in [1.54, 1.807) is 18.2 Å². The number of aliphatic hydroxyl groups is 1. The molecule has 2 fully saturated rings. The average Bonchev–Trinajstić information content (AvgIpc) is 2.93. The molecule has 0 saturated carbocycles. The molecule has 0 aromatic heterocycles. The summed E-state index contributed by atoms with van der Waals surface area (Å²) in [6, 6.07) is 4.95. The molecule has 26 heavy (non-hydrogen) atoms. The zero-order valence-corrected chi connectivity index (χ0v) is 15.3. The van der Waals surface area contributed by atoms with Gasteiger partial charge in [-0.15, -0.1) is 0 Å². The molecule has 7 nitrogen and oxygen atoms in total. The van der Waals surface area contributed by atoms with Gasteiger partial charge in [0.05, 0.1) is 23.7 Å². The number of hydrogen-bond acceptors (Lipinski definition) is 7. The number of rotatable bonds is 3. The fourth-order valence-electron chi connectivity index (χ4n) is 4.08. The normalized spacial score (nSPS) is 28.8. The van der Waals surface area contributed by atoms with E-state index in [2.05, 4.69) is 0 Å². The Bertz CT molecular complexity index is 800. The molecule has 0 aliphatic carbocycles. The monoisotopic (exact) mass is 381 g/mol. The van der Waals surface area contributed by atoms with Gasteiger partial charge in [-0.05, 0) is 44.1 Å². The molecule has 0 radical (unpaired) electrons. The molecule has 3 aliphatic heterocycles. The van der Waals surface area contributed by atoms with Gasteiger partial charge in [0, 0.05) is 11.5 Å². The highest BCUT2D eigenvalue weighted by Crippen LogP contribution is 2.33. The number of hydrogen-bond donors (Lipinski definition) is 1. The summed E-state index contributed by atoms with van der Waals surface area (Å²) in [5, 5.41) is 10.0. The number of Topliss-reactive ketones (excluding diaryl/α,β-unsaturated/α-hetero) is 1. The van der Waals surface area contributed by atoms with Crippen LogP contribution in [-0.4, -0.2) is 74.2 Å². The molecule has 0 bridgehead atoms. The molecule has 1 aromatic carbocycles. The van der Waals surface area contributed by atoms with Gasteiger partial charge >= 0.3 is 0 Å². The third-order valence-electron chi connectivity index (χ3n) is 5.49. The Hall–Kier alpha value is -1.64. The molecule has 2 atom stereocenters. The summed E-state index contributed by atoms with van der Waals surface area (Å²) >= 11 is 0. The predicted molar refractivity (Wildman–Crippen MR) is 94.5 cm³/mol. The van der Waals surface area contributed by atoms with E-state index < -0.39 is 15.9 Å². The Balaban J connectivity index is 1.39. The Kier molecular flexibility index (Phi) is 4.66. The topological polar surface area (TPSA) is 93.1 Å². The molecule has 142 valence electrons. The van der Waals surface area contributed by atoms with Crippen molar-refractivity contribution in [3.05, 3.63) is 23.8 Å². The molecule has 0 spiro atoms. The van der Waals surface area contributed by atoms with Crippen LogP contribution in [0, 0.1) is 5.92 Å².